The summed E-state index contributed by atoms with van der Waals surface area (Å²) in [4.78, 5) is 0. The third-order valence-electron chi connectivity index (χ3n) is 10.9. The number of nitrogens with zero attached hydrogens (tertiary/aromatic N) is 1. The van der Waals surface area contributed by atoms with Crippen molar-refractivity contribution < 1.29 is 0 Å². The van der Waals surface area contributed by atoms with Crippen LogP contribution in [0.3, 0.4) is 0 Å². The second-order valence-corrected chi connectivity index (χ2v) is 13.7. The summed E-state index contributed by atoms with van der Waals surface area (Å²) >= 11 is 0. The molecular formula is C50H31N. The first-order chi connectivity index (χ1) is 25.3. The lowest BCUT2D eigenvalue weighted by molar-refractivity contribution is 1.18. The molecule has 0 aliphatic rings. The molecule has 0 fully saturated rings. The van der Waals surface area contributed by atoms with Gasteiger partial charge in [-0.3, -0.25) is 0 Å². The van der Waals surface area contributed by atoms with Gasteiger partial charge in [-0.1, -0.05) is 146 Å². The van der Waals surface area contributed by atoms with Crippen LogP contribution in [0.4, 0.5) is 0 Å². The van der Waals surface area contributed by atoms with Gasteiger partial charge in [-0.15, -0.1) is 0 Å². The van der Waals surface area contributed by atoms with E-state index in [0.717, 1.165) is 0 Å². The SMILES string of the molecule is c1ccc(-c2ccc3cc(-c4cc(-c5ccc(-n6c7ccccc7c7ccccc76)cc5)c5ccc6cccc7ccc4c5c67)ccc3c2)cc1. The van der Waals surface area contributed by atoms with Crippen LogP contribution in [0.25, 0.3) is 104 Å². The molecule has 0 amide bonds. The summed E-state index contributed by atoms with van der Waals surface area (Å²) in [5.74, 6) is 0. The first kappa shape index (κ1) is 28.2. The molecule has 0 aliphatic carbocycles. The van der Waals surface area contributed by atoms with Crippen LogP contribution in [0.5, 0.6) is 0 Å². The predicted octanol–water partition coefficient (Wildman–Crippen LogP) is 13.8. The van der Waals surface area contributed by atoms with Crippen molar-refractivity contribution in [1.82, 2.24) is 4.57 Å². The number of hydrogen-bond acceptors (Lipinski definition) is 0. The Morgan fingerprint density at radius 2 is 0.804 bits per heavy atom. The van der Waals surface area contributed by atoms with Crippen LogP contribution < -0.4 is 0 Å². The van der Waals surface area contributed by atoms with Crippen LogP contribution in [0.1, 0.15) is 0 Å². The molecule has 0 N–H and O–H groups in total. The van der Waals surface area contributed by atoms with Crippen molar-refractivity contribution in [3.8, 4) is 39.1 Å². The molecule has 10 aromatic carbocycles. The Morgan fingerprint density at radius 1 is 0.275 bits per heavy atom. The smallest absolute Gasteiger partial charge is 0.0541 e. The second-order valence-electron chi connectivity index (χ2n) is 13.7. The van der Waals surface area contributed by atoms with E-state index in [1.165, 1.54) is 104 Å². The van der Waals surface area contributed by atoms with Crippen molar-refractivity contribution in [2.24, 2.45) is 0 Å². The highest BCUT2D eigenvalue weighted by Crippen LogP contribution is 2.45. The monoisotopic (exact) mass is 645 g/mol. The Morgan fingerprint density at radius 3 is 1.47 bits per heavy atom. The van der Waals surface area contributed by atoms with E-state index in [0.29, 0.717) is 0 Å². The second kappa shape index (κ2) is 10.9. The van der Waals surface area contributed by atoms with Crippen LogP contribution in [0.2, 0.25) is 0 Å². The zero-order chi connectivity index (χ0) is 33.5. The average molecular weight is 646 g/mol. The first-order valence-corrected chi connectivity index (χ1v) is 17.7. The van der Waals surface area contributed by atoms with Crippen LogP contribution in [0.15, 0.2) is 188 Å². The summed E-state index contributed by atoms with van der Waals surface area (Å²) in [6, 6.07) is 69.4. The average Bonchev–Trinajstić information content (AvgIpc) is 3.54. The Bertz CT molecular complexity index is 3040. The fourth-order valence-corrected chi connectivity index (χ4v) is 8.52. The molecule has 11 rings (SSSR count). The van der Waals surface area contributed by atoms with Gasteiger partial charge in [0.05, 0.1) is 11.0 Å². The number of para-hydroxylation sites is 2. The Balaban J connectivity index is 1.12. The van der Waals surface area contributed by atoms with Gasteiger partial charge in [-0.05, 0) is 119 Å². The minimum atomic E-state index is 1.17. The van der Waals surface area contributed by atoms with Crippen molar-refractivity contribution in [2.75, 3.05) is 0 Å². The van der Waals surface area contributed by atoms with E-state index in [4.69, 9.17) is 0 Å². The van der Waals surface area contributed by atoms with Crippen molar-refractivity contribution in [3.05, 3.63) is 188 Å². The molecule has 0 unspecified atom stereocenters. The normalized spacial score (nSPS) is 11.9. The first-order valence-electron chi connectivity index (χ1n) is 17.7. The van der Waals surface area contributed by atoms with E-state index >= 15 is 0 Å². The highest BCUT2D eigenvalue weighted by Gasteiger charge is 2.18. The van der Waals surface area contributed by atoms with E-state index in [9.17, 15) is 0 Å². The lowest BCUT2D eigenvalue weighted by atomic mass is 9.85. The summed E-state index contributed by atoms with van der Waals surface area (Å²) in [7, 11) is 0. The summed E-state index contributed by atoms with van der Waals surface area (Å²) in [5, 5.41) is 12.9. The molecule has 0 aliphatic heterocycles. The number of rotatable bonds is 4. The molecule has 236 valence electrons. The molecule has 51 heavy (non-hydrogen) atoms. The Hall–Kier alpha value is -6.70. The van der Waals surface area contributed by atoms with Gasteiger partial charge in [0.1, 0.15) is 0 Å². The van der Waals surface area contributed by atoms with Crippen molar-refractivity contribution in [1.29, 1.82) is 0 Å². The lowest BCUT2D eigenvalue weighted by Gasteiger charge is -2.19. The van der Waals surface area contributed by atoms with E-state index in [1.807, 2.05) is 0 Å². The van der Waals surface area contributed by atoms with Gasteiger partial charge >= 0.3 is 0 Å². The molecule has 0 saturated heterocycles. The maximum atomic E-state index is 2.43. The van der Waals surface area contributed by atoms with Gasteiger partial charge in [0.2, 0.25) is 0 Å². The molecule has 1 nitrogen and oxygen atoms in total. The van der Waals surface area contributed by atoms with Crippen LogP contribution in [-0.2, 0) is 0 Å². The summed E-state index contributed by atoms with van der Waals surface area (Å²) in [6.07, 6.45) is 0. The topological polar surface area (TPSA) is 4.93 Å². The van der Waals surface area contributed by atoms with Gasteiger partial charge < -0.3 is 4.57 Å². The van der Waals surface area contributed by atoms with Crippen molar-refractivity contribution in [3.63, 3.8) is 0 Å². The van der Waals surface area contributed by atoms with Crippen LogP contribution in [0, 0.1) is 0 Å². The standard InChI is InChI=1S/C50H31N/c1-2-9-32(10-3-1)36-17-18-38-30-39(20-19-37(38)29-36)46-31-45(43-27-23-34-11-8-12-35-24-28-44(46)50(43)49(34)35)33-21-25-40(26-22-33)51-47-15-6-4-13-41(47)42-14-5-7-16-48(42)51/h1-31H. The molecule has 11 aromatic rings. The van der Waals surface area contributed by atoms with Crippen molar-refractivity contribution in [2.45, 2.75) is 0 Å². The molecule has 1 aromatic heterocycles. The fourth-order valence-electron chi connectivity index (χ4n) is 8.52. The molecule has 0 saturated carbocycles. The third-order valence-corrected chi connectivity index (χ3v) is 10.9. The summed E-state index contributed by atoms with van der Waals surface area (Å²) in [5.41, 5.74) is 11.1. The molecule has 1 heterocycles. The van der Waals surface area contributed by atoms with Gasteiger partial charge in [0, 0.05) is 16.5 Å². The number of benzene rings is 10. The maximum absolute atomic E-state index is 2.43. The quantitative estimate of drug-likeness (QED) is 0.168. The number of hydrogen-bond donors (Lipinski definition) is 0. The molecule has 0 radical (unpaired) electrons. The molecule has 0 spiro atoms. The summed E-state index contributed by atoms with van der Waals surface area (Å²) < 4.78 is 2.39. The Labute approximate surface area is 295 Å². The van der Waals surface area contributed by atoms with E-state index < -0.39 is 0 Å². The zero-order valence-corrected chi connectivity index (χ0v) is 27.8. The highest BCUT2D eigenvalue weighted by molar-refractivity contribution is 6.28. The molecular weight excluding hydrogens is 615 g/mol. The predicted molar refractivity (Wildman–Crippen MR) is 218 cm³/mol. The largest absolute Gasteiger partial charge is 0.309 e. The van der Waals surface area contributed by atoms with Gasteiger partial charge in [0.25, 0.3) is 0 Å². The minimum Gasteiger partial charge on any atom is -0.309 e. The summed E-state index contributed by atoms with van der Waals surface area (Å²) in [6.45, 7) is 0. The van der Waals surface area contributed by atoms with Crippen LogP contribution >= 0.6 is 0 Å². The van der Waals surface area contributed by atoms with Gasteiger partial charge in [0.15, 0.2) is 0 Å². The van der Waals surface area contributed by atoms with Gasteiger partial charge in [-0.25, -0.2) is 0 Å². The zero-order valence-electron chi connectivity index (χ0n) is 27.8. The number of aromatic nitrogens is 1. The fraction of sp³-hybridized carbons (Fsp3) is 0. The molecule has 0 atom stereocenters. The van der Waals surface area contributed by atoms with E-state index in [-0.39, 0.29) is 0 Å². The molecule has 1 heteroatoms. The lowest BCUT2D eigenvalue weighted by Crippen LogP contribution is -1.94. The minimum absolute atomic E-state index is 1.17. The van der Waals surface area contributed by atoms with Gasteiger partial charge in [-0.2, -0.15) is 0 Å². The maximum Gasteiger partial charge on any atom is 0.0541 e. The van der Waals surface area contributed by atoms with Crippen LogP contribution in [-0.4, -0.2) is 4.57 Å². The van der Waals surface area contributed by atoms with Crippen molar-refractivity contribution >= 4 is 64.9 Å². The van der Waals surface area contributed by atoms with E-state index in [2.05, 4.69) is 193 Å². The number of fused-ring (bicyclic) bond motifs is 4. The molecule has 0 bridgehead atoms. The Kier molecular flexibility index (Phi) is 6.02. The highest BCUT2D eigenvalue weighted by atomic mass is 15.0. The third kappa shape index (κ3) is 4.28. The van der Waals surface area contributed by atoms with E-state index in [1.54, 1.807) is 0 Å².